The average Bonchev–Trinajstić information content (AvgIpc) is 2.90. The minimum absolute atomic E-state index is 0.223. The molecular weight excluding hydrogens is 543 g/mol. The molecule has 1 aliphatic heterocycles. The van der Waals surface area contributed by atoms with Crippen molar-refractivity contribution in [3.05, 3.63) is 72.1 Å². The predicted molar refractivity (Wildman–Crippen MR) is 147 cm³/mol. The summed E-state index contributed by atoms with van der Waals surface area (Å²) in [5.74, 6) is -1.43. The normalized spacial score (nSPS) is 16.1. The first-order chi connectivity index (χ1) is 19.1. The Morgan fingerprint density at radius 2 is 1.90 bits per heavy atom. The van der Waals surface area contributed by atoms with E-state index in [1.54, 1.807) is 48.8 Å². The van der Waals surface area contributed by atoms with E-state index < -0.39 is 27.5 Å². The highest BCUT2D eigenvalue weighted by Gasteiger charge is 2.35. The summed E-state index contributed by atoms with van der Waals surface area (Å²) in [7, 11) is -4.43. The molecule has 8 nitrogen and oxygen atoms in total. The van der Waals surface area contributed by atoms with Crippen molar-refractivity contribution in [2.45, 2.75) is 37.7 Å². The maximum Gasteiger partial charge on any atom is 0.402 e. The highest BCUT2D eigenvalue weighted by molar-refractivity contribution is 7.90. The van der Waals surface area contributed by atoms with E-state index in [1.807, 2.05) is 13.0 Å². The van der Waals surface area contributed by atoms with Crippen LogP contribution >= 0.6 is 0 Å². The maximum atomic E-state index is 12.8. The van der Waals surface area contributed by atoms with Gasteiger partial charge in [0.05, 0.1) is 17.0 Å². The van der Waals surface area contributed by atoms with Crippen LogP contribution in [0.4, 0.5) is 19.1 Å². The van der Waals surface area contributed by atoms with Gasteiger partial charge in [0.1, 0.15) is 11.5 Å². The molecule has 1 atom stereocenters. The molecule has 4 aromatic rings. The fourth-order valence-electron chi connectivity index (χ4n) is 4.80. The summed E-state index contributed by atoms with van der Waals surface area (Å²) in [6, 6.07) is 13.9. The van der Waals surface area contributed by atoms with Crippen LogP contribution in [0.3, 0.4) is 0 Å². The average molecular weight is 572 g/mol. The molecule has 1 aliphatic rings. The van der Waals surface area contributed by atoms with Crippen molar-refractivity contribution in [2.24, 2.45) is 0 Å². The molecule has 5 rings (SSSR count). The van der Waals surface area contributed by atoms with Crippen molar-refractivity contribution >= 4 is 26.6 Å². The third kappa shape index (κ3) is 6.68. The van der Waals surface area contributed by atoms with Gasteiger partial charge in [0.2, 0.25) is 11.8 Å². The number of alkyl halides is 3. The number of nitrogens with one attached hydrogen (secondary N) is 2. The molecule has 0 saturated carbocycles. The van der Waals surface area contributed by atoms with Crippen molar-refractivity contribution < 1.29 is 26.3 Å². The van der Waals surface area contributed by atoms with Gasteiger partial charge in [-0.3, -0.25) is 0 Å². The van der Waals surface area contributed by atoms with E-state index in [2.05, 4.69) is 25.6 Å². The van der Waals surface area contributed by atoms with Gasteiger partial charge in [0, 0.05) is 30.4 Å². The molecular formula is C28H28F3N5O3S. The summed E-state index contributed by atoms with van der Waals surface area (Å²) in [6.45, 7) is 3.65. The molecule has 0 spiro atoms. The molecule has 40 heavy (non-hydrogen) atoms. The van der Waals surface area contributed by atoms with Gasteiger partial charge in [-0.25, -0.2) is 23.4 Å². The lowest BCUT2D eigenvalue weighted by Crippen LogP contribution is -2.38. The molecule has 1 fully saturated rings. The molecule has 0 radical (unpaired) electrons. The standard InChI is InChI=1S/C28H28F3N5O3S/c1-18-9-10-21-19(16-40(37,38)17-28(29,30)31)5-2-7-22(21)25(18)39-26-23(8-4-13-33-26)24-11-14-34-27(36-24)35-20-6-3-12-32-15-20/h2,4-5,7-11,13-14,20,32H,3,6,12,15-17H2,1H3,(H,34,35,36)/t20-/m0/s1. The largest absolute Gasteiger partial charge is 0.437 e. The number of hydrogen-bond acceptors (Lipinski definition) is 8. The Morgan fingerprint density at radius 1 is 1.05 bits per heavy atom. The molecule has 2 aromatic heterocycles. The zero-order valence-corrected chi connectivity index (χ0v) is 22.5. The van der Waals surface area contributed by atoms with Crippen LogP contribution in [-0.2, 0) is 15.6 Å². The molecule has 1 saturated heterocycles. The van der Waals surface area contributed by atoms with Gasteiger partial charge in [-0.2, -0.15) is 13.2 Å². The Hall–Kier alpha value is -3.77. The number of hydrogen-bond donors (Lipinski definition) is 2. The second kappa shape index (κ2) is 11.4. The maximum absolute atomic E-state index is 12.8. The lowest BCUT2D eigenvalue weighted by molar-refractivity contribution is -0.106. The Bertz CT molecular complexity index is 1620. The molecule has 0 bridgehead atoms. The van der Waals surface area contributed by atoms with Crippen LogP contribution in [0.1, 0.15) is 24.0 Å². The lowest BCUT2D eigenvalue weighted by atomic mass is 10.0. The van der Waals surface area contributed by atoms with Crippen LogP contribution < -0.4 is 15.4 Å². The zero-order valence-electron chi connectivity index (χ0n) is 21.7. The number of nitrogens with zero attached hydrogens (tertiary/aromatic N) is 3. The molecule has 210 valence electrons. The van der Waals surface area contributed by atoms with Crippen molar-refractivity contribution in [1.82, 2.24) is 20.3 Å². The van der Waals surface area contributed by atoms with Crippen LogP contribution in [-0.4, -0.2) is 54.4 Å². The third-order valence-corrected chi connectivity index (χ3v) is 8.11. The first-order valence-corrected chi connectivity index (χ1v) is 14.6. The van der Waals surface area contributed by atoms with E-state index >= 15 is 0 Å². The second-order valence-corrected chi connectivity index (χ2v) is 11.8. The summed E-state index contributed by atoms with van der Waals surface area (Å²) in [5, 5.41) is 7.77. The second-order valence-electron chi connectivity index (χ2n) is 9.78. The van der Waals surface area contributed by atoms with Crippen LogP contribution in [0.2, 0.25) is 0 Å². The molecule has 2 aromatic carbocycles. The van der Waals surface area contributed by atoms with E-state index in [0.717, 1.165) is 31.5 Å². The van der Waals surface area contributed by atoms with Gasteiger partial charge in [-0.05, 0) is 61.0 Å². The van der Waals surface area contributed by atoms with Crippen molar-refractivity contribution in [1.29, 1.82) is 0 Å². The molecule has 12 heteroatoms. The third-order valence-electron chi connectivity index (χ3n) is 6.59. The van der Waals surface area contributed by atoms with Crippen molar-refractivity contribution in [3.63, 3.8) is 0 Å². The summed E-state index contributed by atoms with van der Waals surface area (Å²) in [5.41, 5.74) is 2.22. The number of piperidine rings is 1. The van der Waals surface area contributed by atoms with E-state index in [4.69, 9.17) is 4.74 Å². The Kier molecular flexibility index (Phi) is 7.90. The van der Waals surface area contributed by atoms with Crippen LogP contribution in [0.15, 0.2) is 60.9 Å². The minimum atomic E-state index is -4.81. The number of benzene rings is 2. The Balaban J connectivity index is 1.47. The summed E-state index contributed by atoms with van der Waals surface area (Å²) < 4.78 is 69.4. The quantitative estimate of drug-likeness (QED) is 0.288. The highest BCUT2D eigenvalue weighted by atomic mass is 32.2. The molecule has 0 aliphatic carbocycles. The number of rotatable bonds is 8. The van der Waals surface area contributed by atoms with E-state index in [9.17, 15) is 21.6 Å². The monoisotopic (exact) mass is 571 g/mol. The van der Waals surface area contributed by atoms with Crippen molar-refractivity contribution in [2.75, 3.05) is 24.2 Å². The number of fused-ring (bicyclic) bond motifs is 1. The van der Waals surface area contributed by atoms with Gasteiger partial charge in [0.25, 0.3) is 0 Å². The zero-order chi connectivity index (χ0) is 28.3. The number of aryl methyl sites for hydroxylation is 1. The molecule has 3 heterocycles. The number of anilines is 1. The topological polar surface area (TPSA) is 106 Å². The highest BCUT2D eigenvalue weighted by Crippen LogP contribution is 2.38. The first-order valence-electron chi connectivity index (χ1n) is 12.8. The lowest BCUT2D eigenvalue weighted by Gasteiger charge is -2.23. The van der Waals surface area contributed by atoms with E-state index in [-0.39, 0.29) is 17.5 Å². The minimum Gasteiger partial charge on any atom is -0.437 e. The van der Waals surface area contributed by atoms with Gasteiger partial charge in [0.15, 0.2) is 9.84 Å². The van der Waals surface area contributed by atoms with Crippen LogP contribution in [0.5, 0.6) is 11.6 Å². The number of aromatic nitrogens is 3. The van der Waals surface area contributed by atoms with Gasteiger partial charge in [-0.1, -0.05) is 30.3 Å². The summed E-state index contributed by atoms with van der Waals surface area (Å²) in [6.07, 6.45) is 0.518. The SMILES string of the molecule is Cc1ccc2c(CS(=O)(=O)CC(F)(F)F)cccc2c1Oc1ncccc1-c1ccnc(N[C@H]2CCCNC2)n1. The van der Waals surface area contributed by atoms with Crippen LogP contribution in [0, 0.1) is 6.92 Å². The first kappa shape index (κ1) is 27.8. The Morgan fingerprint density at radius 3 is 2.67 bits per heavy atom. The molecule has 2 N–H and O–H groups in total. The summed E-state index contributed by atoms with van der Waals surface area (Å²) in [4.78, 5) is 13.5. The Labute approximate surface area is 230 Å². The van der Waals surface area contributed by atoms with Gasteiger partial charge >= 0.3 is 6.18 Å². The van der Waals surface area contributed by atoms with Gasteiger partial charge in [-0.15, -0.1) is 0 Å². The molecule has 0 unspecified atom stereocenters. The van der Waals surface area contributed by atoms with E-state index in [1.165, 1.54) is 6.07 Å². The number of ether oxygens (including phenoxy) is 1. The predicted octanol–water partition coefficient (Wildman–Crippen LogP) is 5.43. The summed E-state index contributed by atoms with van der Waals surface area (Å²) >= 11 is 0. The number of sulfone groups is 1. The number of halogens is 3. The fraction of sp³-hybridized carbons (Fsp3) is 0.321. The smallest absolute Gasteiger partial charge is 0.402 e. The van der Waals surface area contributed by atoms with E-state index in [0.29, 0.717) is 33.7 Å². The number of pyridine rings is 1. The molecule has 0 amide bonds. The fourth-order valence-corrected chi connectivity index (χ4v) is 6.13. The van der Waals surface area contributed by atoms with Crippen molar-refractivity contribution in [3.8, 4) is 22.9 Å². The van der Waals surface area contributed by atoms with Crippen LogP contribution in [0.25, 0.3) is 22.0 Å². The van der Waals surface area contributed by atoms with Gasteiger partial charge < -0.3 is 15.4 Å².